The van der Waals surface area contributed by atoms with E-state index in [0.29, 0.717) is 6.16 Å². The second-order valence-corrected chi connectivity index (χ2v) is 9.53. The highest BCUT2D eigenvalue weighted by Crippen LogP contribution is 2.47. The molecule has 0 saturated heterocycles. The van der Waals surface area contributed by atoms with Gasteiger partial charge < -0.3 is 14.0 Å². The predicted octanol–water partition coefficient (Wildman–Crippen LogP) is 4.04. The minimum Gasteiger partial charge on any atom is -0.359 e. The van der Waals surface area contributed by atoms with Crippen LogP contribution in [0.4, 0.5) is 0 Å². The molecule has 2 aromatic carbocycles. The zero-order valence-corrected chi connectivity index (χ0v) is 15.8. The zero-order valence-electron chi connectivity index (χ0n) is 14.9. The van der Waals surface area contributed by atoms with Gasteiger partial charge in [0.2, 0.25) is 0 Å². The third-order valence-corrected chi connectivity index (χ3v) is 7.94. The summed E-state index contributed by atoms with van der Waals surface area (Å²) in [6.07, 6.45) is 0.553. The molecule has 4 heteroatoms. The van der Waals surface area contributed by atoms with Crippen molar-refractivity contribution in [3.63, 3.8) is 0 Å². The van der Waals surface area contributed by atoms with Gasteiger partial charge in [0.25, 0.3) is 0 Å². The Balaban J connectivity index is 2.37. The molecule has 0 N–H and O–H groups in total. The maximum Gasteiger partial charge on any atom is 0.147 e. The molecule has 0 bridgehead atoms. The summed E-state index contributed by atoms with van der Waals surface area (Å²) in [7, 11) is -1.12. The number of hydrogen-bond acceptors (Lipinski definition) is 3. The smallest absolute Gasteiger partial charge is 0.147 e. The third-order valence-electron chi connectivity index (χ3n) is 4.61. The van der Waals surface area contributed by atoms with Gasteiger partial charge in [0.05, 0.1) is 5.60 Å². The lowest BCUT2D eigenvalue weighted by Crippen LogP contribution is -2.37. The lowest BCUT2D eigenvalue weighted by atomic mass is 9.94. The van der Waals surface area contributed by atoms with Gasteiger partial charge in [0.1, 0.15) is 13.9 Å². The lowest BCUT2D eigenvalue weighted by Gasteiger charge is -2.34. The van der Waals surface area contributed by atoms with Gasteiger partial charge in [-0.05, 0) is 19.8 Å². The minimum absolute atomic E-state index is 0.0962. The van der Waals surface area contributed by atoms with E-state index in [9.17, 15) is 4.57 Å². The first-order valence-electron chi connectivity index (χ1n) is 8.23. The van der Waals surface area contributed by atoms with Crippen molar-refractivity contribution in [2.24, 2.45) is 5.92 Å². The summed E-state index contributed by atoms with van der Waals surface area (Å²) >= 11 is 0. The molecule has 1 unspecified atom stereocenters. The van der Waals surface area contributed by atoms with Crippen molar-refractivity contribution >= 4 is 17.8 Å². The summed E-state index contributed by atoms with van der Waals surface area (Å²) in [5, 5.41) is 1.79. The largest absolute Gasteiger partial charge is 0.359 e. The average molecular weight is 346 g/mol. The molecule has 1 atom stereocenters. The molecule has 2 aromatic rings. The molecular weight excluding hydrogens is 319 g/mol. The molecule has 2 rings (SSSR count). The molecule has 0 spiro atoms. The number of hydrogen-bond donors (Lipinski definition) is 0. The molecule has 3 nitrogen and oxygen atoms in total. The van der Waals surface area contributed by atoms with Crippen molar-refractivity contribution < 1.29 is 14.0 Å². The maximum absolute atomic E-state index is 14.1. The van der Waals surface area contributed by atoms with E-state index in [1.54, 1.807) is 7.11 Å². The summed E-state index contributed by atoms with van der Waals surface area (Å²) < 4.78 is 24.9. The van der Waals surface area contributed by atoms with E-state index in [0.717, 1.165) is 10.6 Å². The van der Waals surface area contributed by atoms with Gasteiger partial charge >= 0.3 is 0 Å². The van der Waals surface area contributed by atoms with Gasteiger partial charge in [0, 0.05) is 23.9 Å². The van der Waals surface area contributed by atoms with Gasteiger partial charge in [-0.25, -0.2) is 0 Å². The molecular formula is C20H27O3P. The van der Waals surface area contributed by atoms with Crippen molar-refractivity contribution in [3.8, 4) is 0 Å². The van der Waals surface area contributed by atoms with Crippen molar-refractivity contribution in [1.29, 1.82) is 0 Å². The molecule has 0 aliphatic heterocycles. The molecule has 0 saturated carbocycles. The van der Waals surface area contributed by atoms with Crippen LogP contribution in [-0.2, 0) is 14.0 Å². The second-order valence-electron chi connectivity index (χ2n) is 6.65. The highest BCUT2D eigenvalue weighted by atomic mass is 31.2. The fourth-order valence-electron chi connectivity index (χ4n) is 2.66. The van der Waals surface area contributed by atoms with Crippen LogP contribution >= 0.6 is 7.14 Å². The second kappa shape index (κ2) is 8.11. The molecule has 0 heterocycles. The fraction of sp³-hybridized carbons (Fsp3) is 0.400. The van der Waals surface area contributed by atoms with Crippen LogP contribution < -0.4 is 10.6 Å². The molecule has 0 aliphatic rings. The maximum atomic E-state index is 14.1. The minimum atomic E-state index is -2.73. The van der Waals surface area contributed by atoms with E-state index in [2.05, 4.69) is 6.92 Å². The third kappa shape index (κ3) is 4.36. The highest BCUT2D eigenvalue weighted by Gasteiger charge is 2.36. The van der Waals surface area contributed by atoms with Crippen molar-refractivity contribution in [1.82, 2.24) is 0 Å². The van der Waals surface area contributed by atoms with E-state index in [1.807, 2.05) is 74.5 Å². The Morgan fingerprint density at radius 2 is 1.42 bits per heavy atom. The molecule has 0 amide bonds. The van der Waals surface area contributed by atoms with Crippen molar-refractivity contribution in [2.75, 3.05) is 20.1 Å². The summed E-state index contributed by atoms with van der Waals surface area (Å²) in [4.78, 5) is 0. The number of ether oxygens (including phenoxy) is 2. The summed E-state index contributed by atoms with van der Waals surface area (Å²) in [5.74, 6) is 0.0962. The first-order valence-corrected chi connectivity index (χ1v) is 10.1. The molecule has 0 radical (unpaired) electrons. The normalized spacial score (nSPS) is 13.7. The first-order chi connectivity index (χ1) is 11.4. The van der Waals surface area contributed by atoms with Gasteiger partial charge in [-0.2, -0.15) is 0 Å². The number of benzene rings is 2. The predicted molar refractivity (Wildman–Crippen MR) is 101 cm³/mol. The van der Waals surface area contributed by atoms with Crippen LogP contribution in [0.1, 0.15) is 20.8 Å². The molecule has 130 valence electrons. The SMILES string of the molecule is COCOC(C)(C)C(C)CP(=O)(c1ccccc1)c1ccccc1. The van der Waals surface area contributed by atoms with Crippen LogP contribution in [0.15, 0.2) is 60.7 Å². The fourth-order valence-corrected chi connectivity index (χ4v) is 5.89. The van der Waals surface area contributed by atoms with E-state index in [4.69, 9.17) is 9.47 Å². The Kier molecular flexibility index (Phi) is 6.40. The van der Waals surface area contributed by atoms with Gasteiger partial charge in [0.15, 0.2) is 0 Å². The lowest BCUT2D eigenvalue weighted by molar-refractivity contribution is -0.132. The van der Waals surface area contributed by atoms with Crippen molar-refractivity contribution in [3.05, 3.63) is 60.7 Å². The van der Waals surface area contributed by atoms with E-state index >= 15 is 0 Å². The summed E-state index contributed by atoms with van der Waals surface area (Å²) in [6, 6.07) is 19.5. The van der Waals surface area contributed by atoms with Gasteiger partial charge in [-0.1, -0.05) is 67.6 Å². The van der Waals surface area contributed by atoms with Crippen molar-refractivity contribution in [2.45, 2.75) is 26.4 Å². The first kappa shape index (κ1) is 18.9. The Labute approximate surface area is 145 Å². The van der Waals surface area contributed by atoms with E-state index in [-0.39, 0.29) is 12.7 Å². The Morgan fingerprint density at radius 3 is 1.83 bits per heavy atom. The van der Waals surface area contributed by atoms with Crippen LogP contribution in [0, 0.1) is 5.92 Å². The van der Waals surface area contributed by atoms with Gasteiger partial charge in [-0.15, -0.1) is 0 Å². The molecule has 24 heavy (non-hydrogen) atoms. The zero-order chi connectivity index (χ0) is 17.6. The Morgan fingerprint density at radius 1 is 0.958 bits per heavy atom. The number of methoxy groups -OCH3 is 1. The summed E-state index contributed by atoms with van der Waals surface area (Å²) in [5.41, 5.74) is -0.421. The average Bonchev–Trinajstić information content (AvgIpc) is 2.61. The molecule has 0 aromatic heterocycles. The van der Waals surface area contributed by atoms with Crippen LogP contribution in [-0.4, -0.2) is 25.7 Å². The topological polar surface area (TPSA) is 35.5 Å². The molecule has 0 fully saturated rings. The highest BCUT2D eigenvalue weighted by molar-refractivity contribution is 7.78. The standard InChI is InChI=1S/C20H27O3P/c1-17(20(2,3)23-16-22-4)15-24(21,18-11-7-5-8-12-18)19-13-9-6-10-14-19/h5-14,17H,15-16H2,1-4H3. The monoisotopic (exact) mass is 346 g/mol. The van der Waals surface area contributed by atoms with Crippen LogP contribution in [0.25, 0.3) is 0 Å². The molecule has 0 aliphatic carbocycles. The Bertz CT molecular complexity index is 624. The van der Waals surface area contributed by atoms with E-state index in [1.165, 1.54) is 0 Å². The van der Waals surface area contributed by atoms with Crippen LogP contribution in [0.3, 0.4) is 0 Å². The van der Waals surface area contributed by atoms with Gasteiger partial charge in [-0.3, -0.25) is 0 Å². The van der Waals surface area contributed by atoms with Crippen LogP contribution in [0.2, 0.25) is 0 Å². The summed E-state index contributed by atoms with van der Waals surface area (Å²) in [6.45, 7) is 6.38. The Hall–Kier alpha value is -1.41. The van der Waals surface area contributed by atoms with E-state index < -0.39 is 12.7 Å². The van der Waals surface area contributed by atoms with Crippen LogP contribution in [0.5, 0.6) is 0 Å². The quantitative estimate of drug-likeness (QED) is 0.535. The number of rotatable bonds is 8.